The molecular weight excluding hydrogens is 235 g/mol. The summed E-state index contributed by atoms with van der Waals surface area (Å²) < 4.78 is 13.0. The van der Waals surface area contributed by atoms with Crippen LogP contribution >= 0.6 is 0 Å². The van der Waals surface area contributed by atoms with Gasteiger partial charge in [0.05, 0.1) is 12.0 Å². The summed E-state index contributed by atoms with van der Waals surface area (Å²) in [5, 5.41) is 19.3. The van der Waals surface area contributed by atoms with Crippen LogP contribution in [0.4, 0.5) is 4.39 Å². The molecule has 1 rings (SSSR count). The Balaban J connectivity index is 2.94. The second-order valence-electron chi connectivity index (χ2n) is 4.53. The first-order valence-corrected chi connectivity index (χ1v) is 6.14. The number of benzene rings is 1. The maximum Gasteiger partial charge on any atom is 0.309 e. The van der Waals surface area contributed by atoms with Gasteiger partial charge in [0.1, 0.15) is 5.82 Å². The lowest BCUT2D eigenvalue weighted by Gasteiger charge is -2.21. The summed E-state index contributed by atoms with van der Waals surface area (Å²) in [5.74, 6) is -2.24. The van der Waals surface area contributed by atoms with Crippen molar-refractivity contribution < 1.29 is 19.4 Å². The zero-order valence-corrected chi connectivity index (χ0v) is 10.7. The molecule has 2 atom stereocenters. The number of carbonyl (C=O) groups is 1. The molecule has 1 aromatic rings. The summed E-state index contributed by atoms with van der Waals surface area (Å²) >= 11 is 0. The van der Waals surface area contributed by atoms with Crippen molar-refractivity contribution >= 4 is 5.97 Å². The number of aliphatic hydroxyl groups excluding tert-OH is 1. The summed E-state index contributed by atoms with van der Waals surface area (Å²) in [5.41, 5.74) is 1.06. The smallest absolute Gasteiger partial charge is 0.309 e. The molecule has 100 valence electrons. The van der Waals surface area contributed by atoms with E-state index in [2.05, 4.69) is 0 Å². The van der Waals surface area contributed by atoms with E-state index in [4.69, 9.17) is 5.11 Å². The third kappa shape index (κ3) is 3.53. The largest absolute Gasteiger partial charge is 0.481 e. The number of carboxylic acids is 1. The monoisotopic (exact) mass is 254 g/mol. The van der Waals surface area contributed by atoms with Crippen molar-refractivity contribution in [3.63, 3.8) is 0 Å². The number of aliphatic carboxylic acids is 1. The second kappa shape index (κ2) is 6.50. The molecule has 2 unspecified atom stereocenters. The molecule has 0 aliphatic carbocycles. The zero-order valence-electron chi connectivity index (χ0n) is 10.7. The lowest BCUT2D eigenvalue weighted by atomic mass is 9.89. The van der Waals surface area contributed by atoms with Crippen molar-refractivity contribution in [1.82, 2.24) is 0 Å². The Morgan fingerprint density at radius 2 is 2.11 bits per heavy atom. The number of halogens is 1. The molecule has 0 heterocycles. The van der Waals surface area contributed by atoms with E-state index in [1.165, 1.54) is 18.2 Å². The van der Waals surface area contributed by atoms with Gasteiger partial charge < -0.3 is 10.2 Å². The van der Waals surface area contributed by atoms with E-state index in [1.54, 1.807) is 6.92 Å². The van der Waals surface area contributed by atoms with Gasteiger partial charge in [0.15, 0.2) is 0 Å². The van der Waals surface area contributed by atoms with Crippen LogP contribution in [0.2, 0.25) is 0 Å². The van der Waals surface area contributed by atoms with Crippen molar-refractivity contribution in [2.24, 2.45) is 5.92 Å². The van der Waals surface area contributed by atoms with Crippen LogP contribution in [0.5, 0.6) is 0 Å². The van der Waals surface area contributed by atoms with Gasteiger partial charge in [-0.05, 0) is 36.6 Å². The second-order valence-corrected chi connectivity index (χ2v) is 4.53. The first-order chi connectivity index (χ1) is 8.47. The lowest BCUT2D eigenvalue weighted by molar-refractivity contribution is -0.146. The Kier molecular flexibility index (Phi) is 5.28. The Labute approximate surface area is 106 Å². The zero-order chi connectivity index (χ0) is 13.7. The minimum atomic E-state index is -1.09. The highest BCUT2D eigenvalue weighted by atomic mass is 19.1. The number of aliphatic hydroxyl groups is 1. The van der Waals surface area contributed by atoms with Gasteiger partial charge in [-0.25, -0.2) is 4.39 Å². The lowest BCUT2D eigenvalue weighted by Crippen LogP contribution is -2.22. The topological polar surface area (TPSA) is 57.5 Å². The first-order valence-electron chi connectivity index (χ1n) is 6.14. The van der Waals surface area contributed by atoms with Crippen molar-refractivity contribution in [3.05, 3.63) is 35.1 Å². The predicted molar refractivity (Wildman–Crippen MR) is 66.7 cm³/mol. The Bertz CT molecular complexity index is 418. The maximum atomic E-state index is 13.0. The van der Waals surface area contributed by atoms with Gasteiger partial charge in [-0.15, -0.1) is 0 Å². The summed E-state index contributed by atoms with van der Waals surface area (Å²) in [6.07, 6.45) is 0.950. The van der Waals surface area contributed by atoms with E-state index in [0.717, 1.165) is 12.8 Å². The first kappa shape index (κ1) is 14.6. The van der Waals surface area contributed by atoms with Crippen molar-refractivity contribution in [3.8, 4) is 0 Å². The molecule has 0 amide bonds. The highest BCUT2D eigenvalue weighted by Gasteiger charge is 2.28. The molecule has 3 nitrogen and oxygen atoms in total. The van der Waals surface area contributed by atoms with Crippen LogP contribution in [-0.2, 0) is 4.79 Å². The van der Waals surface area contributed by atoms with E-state index in [-0.39, 0.29) is 5.82 Å². The van der Waals surface area contributed by atoms with E-state index in [0.29, 0.717) is 17.5 Å². The summed E-state index contributed by atoms with van der Waals surface area (Å²) in [6, 6.07) is 4.00. The fourth-order valence-electron chi connectivity index (χ4n) is 2.03. The van der Waals surface area contributed by atoms with E-state index in [1.807, 2.05) is 6.92 Å². The molecule has 4 heteroatoms. The average molecular weight is 254 g/mol. The Morgan fingerprint density at radius 1 is 1.44 bits per heavy atom. The fraction of sp³-hybridized carbons (Fsp3) is 0.500. The molecule has 0 aliphatic rings. The molecular formula is C14H19FO3. The van der Waals surface area contributed by atoms with Crippen molar-refractivity contribution in [2.45, 2.75) is 39.2 Å². The standard InChI is InChI=1S/C14H19FO3/c1-3-4-5-12(14(17)18)13(16)11-7-6-10(15)8-9(11)2/h6-8,12-13,16H,3-5H2,1-2H3,(H,17,18). The van der Waals surface area contributed by atoms with Crippen LogP contribution < -0.4 is 0 Å². The van der Waals surface area contributed by atoms with Crippen molar-refractivity contribution in [2.75, 3.05) is 0 Å². The van der Waals surface area contributed by atoms with E-state index >= 15 is 0 Å². The minimum Gasteiger partial charge on any atom is -0.481 e. The molecule has 0 spiro atoms. The Morgan fingerprint density at radius 3 is 2.61 bits per heavy atom. The molecule has 0 radical (unpaired) electrons. The van der Waals surface area contributed by atoms with Crippen LogP contribution in [0.15, 0.2) is 18.2 Å². The molecule has 0 aromatic heterocycles. The highest BCUT2D eigenvalue weighted by molar-refractivity contribution is 5.71. The number of hydrogen-bond acceptors (Lipinski definition) is 2. The van der Waals surface area contributed by atoms with Gasteiger partial charge in [0.25, 0.3) is 0 Å². The molecule has 0 saturated carbocycles. The number of hydrogen-bond donors (Lipinski definition) is 2. The van der Waals surface area contributed by atoms with Gasteiger partial charge in [-0.1, -0.05) is 25.8 Å². The molecule has 2 N–H and O–H groups in total. The maximum absolute atomic E-state index is 13.0. The van der Waals surface area contributed by atoms with Crippen molar-refractivity contribution in [1.29, 1.82) is 0 Å². The van der Waals surface area contributed by atoms with Gasteiger partial charge in [0.2, 0.25) is 0 Å². The number of carboxylic acid groups (broad SMARTS) is 1. The number of rotatable bonds is 6. The summed E-state index contributed by atoms with van der Waals surface area (Å²) in [6.45, 7) is 3.63. The molecule has 0 fully saturated rings. The third-order valence-electron chi connectivity index (χ3n) is 3.12. The summed E-state index contributed by atoms with van der Waals surface area (Å²) in [4.78, 5) is 11.2. The predicted octanol–water partition coefficient (Wildman–Crippen LogP) is 3.06. The molecule has 0 bridgehead atoms. The van der Waals surface area contributed by atoms with Crippen LogP contribution in [0.3, 0.4) is 0 Å². The van der Waals surface area contributed by atoms with Crippen LogP contribution in [0.25, 0.3) is 0 Å². The van der Waals surface area contributed by atoms with Gasteiger partial charge in [0, 0.05) is 0 Å². The normalized spacial score (nSPS) is 14.2. The van der Waals surface area contributed by atoms with Crippen LogP contribution in [-0.4, -0.2) is 16.2 Å². The quantitative estimate of drug-likeness (QED) is 0.820. The molecule has 0 aliphatic heterocycles. The SMILES string of the molecule is CCCCC(C(=O)O)C(O)c1ccc(F)cc1C. The molecule has 0 saturated heterocycles. The highest BCUT2D eigenvalue weighted by Crippen LogP contribution is 2.29. The fourth-order valence-corrected chi connectivity index (χ4v) is 2.03. The van der Waals surface area contributed by atoms with Crippen LogP contribution in [0.1, 0.15) is 43.4 Å². The number of aryl methyl sites for hydroxylation is 1. The van der Waals surface area contributed by atoms with Gasteiger partial charge in [-0.3, -0.25) is 4.79 Å². The summed E-state index contributed by atoms with van der Waals surface area (Å²) in [7, 11) is 0. The third-order valence-corrected chi connectivity index (χ3v) is 3.12. The van der Waals surface area contributed by atoms with Gasteiger partial charge in [-0.2, -0.15) is 0 Å². The Hall–Kier alpha value is -1.42. The van der Waals surface area contributed by atoms with E-state index < -0.39 is 18.0 Å². The molecule has 1 aromatic carbocycles. The van der Waals surface area contributed by atoms with E-state index in [9.17, 15) is 14.3 Å². The molecule has 18 heavy (non-hydrogen) atoms. The van der Waals surface area contributed by atoms with Gasteiger partial charge >= 0.3 is 5.97 Å². The van der Waals surface area contributed by atoms with Crippen LogP contribution in [0, 0.1) is 18.7 Å². The number of unbranched alkanes of at least 4 members (excludes halogenated alkanes) is 1. The minimum absolute atomic E-state index is 0.385. The average Bonchev–Trinajstić information content (AvgIpc) is 2.28.